The summed E-state index contributed by atoms with van der Waals surface area (Å²) in [6.45, 7) is 3.68. The maximum absolute atomic E-state index is 15.1. The topological polar surface area (TPSA) is 33.0 Å². The summed E-state index contributed by atoms with van der Waals surface area (Å²) in [5.74, 6) is -1.43. The lowest BCUT2D eigenvalue weighted by molar-refractivity contribution is 0.357. The summed E-state index contributed by atoms with van der Waals surface area (Å²) < 4.78 is 49.2. The smallest absolute Gasteiger partial charge is 0.134 e. The molecule has 0 radical (unpaired) electrons. The quantitative estimate of drug-likeness (QED) is 0.241. The maximum atomic E-state index is 15.1. The molecule has 35 heavy (non-hydrogen) atoms. The van der Waals surface area contributed by atoms with Gasteiger partial charge >= 0.3 is 0 Å². The van der Waals surface area contributed by atoms with Gasteiger partial charge in [-0.3, -0.25) is 0 Å². The van der Waals surface area contributed by atoms with Gasteiger partial charge < -0.3 is 4.74 Å². The number of benzene rings is 4. The van der Waals surface area contributed by atoms with E-state index in [1.54, 1.807) is 30.3 Å². The van der Waals surface area contributed by atoms with Crippen LogP contribution in [0.15, 0.2) is 79.4 Å². The monoisotopic (exact) mass is 471 g/mol. The van der Waals surface area contributed by atoms with Crippen LogP contribution in [-0.2, 0) is 25.7 Å². The molecule has 0 heterocycles. The molecule has 2 nitrogen and oxygen atoms in total. The van der Waals surface area contributed by atoms with E-state index in [1.165, 1.54) is 18.2 Å². The molecule has 0 aromatic heterocycles. The first-order valence-corrected chi connectivity index (χ1v) is 11.4. The first-order chi connectivity index (χ1) is 17.0. The minimum atomic E-state index is -0.650. The van der Waals surface area contributed by atoms with Crippen LogP contribution in [-0.4, -0.2) is 6.61 Å². The molecule has 0 amide bonds. The summed E-state index contributed by atoms with van der Waals surface area (Å²) in [4.78, 5) is 0. The Bertz CT molecular complexity index is 1380. The van der Waals surface area contributed by atoms with Crippen molar-refractivity contribution in [3.63, 3.8) is 0 Å². The molecule has 0 saturated heterocycles. The number of nitriles is 1. The van der Waals surface area contributed by atoms with Crippen LogP contribution in [0.1, 0.15) is 27.8 Å². The van der Waals surface area contributed by atoms with E-state index in [0.29, 0.717) is 35.8 Å². The summed E-state index contributed by atoms with van der Waals surface area (Å²) in [7, 11) is 0. The highest BCUT2D eigenvalue weighted by molar-refractivity contribution is 5.84. The van der Waals surface area contributed by atoms with Gasteiger partial charge in [-0.25, -0.2) is 13.2 Å². The Morgan fingerprint density at radius 2 is 1.49 bits per heavy atom. The molecule has 0 atom stereocenters. The van der Waals surface area contributed by atoms with E-state index < -0.39 is 11.6 Å². The lowest BCUT2D eigenvalue weighted by atomic mass is 9.97. The van der Waals surface area contributed by atoms with Crippen molar-refractivity contribution in [3.05, 3.63) is 125 Å². The van der Waals surface area contributed by atoms with Crippen LogP contribution in [0.2, 0.25) is 0 Å². The Labute approximate surface area is 202 Å². The van der Waals surface area contributed by atoms with Crippen molar-refractivity contribution in [2.75, 3.05) is 6.61 Å². The molecule has 0 unspecified atom stereocenters. The molecule has 0 aliphatic carbocycles. The van der Waals surface area contributed by atoms with Crippen molar-refractivity contribution in [1.82, 2.24) is 0 Å². The fourth-order valence-corrected chi connectivity index (χ4v) is 4.09. The predicted octanol–water partition coefficient (Wildman–Crippen LogP) is 7.26. The van der Waals surface area contributed by atoms with Crippen LogP contribution in [0.3, 0.4) is 0 Å². The number of hydrogen-bond acceptors (Lipinski definition) is 2. The molecule has 0 fully saturated rings. The van der Waals surface area contributed by atoms with Gasteiger partial charge in [-0.05, 0) is 59.9 Å². The molecular weight excluding hydrogens is 447 g/mol. The van der Waals surface area contributed by atoms with Gasteiger partial charge in [0.25, 0.3) is 0 Å². The number of ether oxygens (including phenoxy) is 1. The second kappa shape index (κ2) is 10.9. The van der Waals surface area contributed by atoms with Crippen molar-refractivity contribution in [2.24, 2.45) is 0 Å². The Balaban J connectivity index is 1.45. The van der Waals surface area contributed by atoms with Gasteiger partial charge in [0.2, 0.25) is 0 Å². The van der Waals surface area contributed by atoms with Crippen molar-refractivity contribution < 1.29 is 17.9 Å². The van der Waals surface area contributed by atoms with Gasteiger partial charge in [0.05, 0.1) is 11.6 Å². The third-order valence-electron chi connectivity index (χ3n) is 6.01. The van der Waals surface area contributed by atoms with Crippen LogP contribution in [0.5, 0.6) is 5.75 Å². The fourth-order valence-electron chi connectivity index (χ4n) is 4.09. The molecule has 0 spiro atoms. The highest BCUT2D eigenvalue weighted by Gasteiger charge is 2.13. The van der Waals surface area contributed by atoms with Crippen molar-refractivity contribution in [1.29, 1.82) is 5.26 Å². The summed E-state index contributed by atoms with van der Waals surface area (Å²) >= 11 is 0. The molecule has 4 aromatic rings. The summed E-state index contributed by atoms with van der Waals surface area (Å²) in [6.07, 6.45) is 3.31. The molecule has 0 bridgehead atoms. The number of hydrogen-bond donors (Lipinski definition) is 0. The van der Waals surface area contributed by atoms with E-state index in [4.69, 9.17) is 10.00 Å². The van der Waals surface area contributed by atoms with Gasteiger partial charge in [-0.15, -0.1) is 0 Å². The second-order valence-corrected chi connectivity index (χ2v) is 8.37. The zero-order chi connectivity index (χ0) is 24.8. The Morgan fingerprint density at radius 3 is 2.17 bits per heavy atom. The summed E-state index contributed by atoms with van der Waals surface area (Å²) in [5.41, 5.74) is 3.13. The van der Waals surface area contributed by atoms with Gasteiger partial charge in [0.1, 0.15) is 29.8 Å². The Hall–Kier alpha value is -4.04. The molecule has 0 aliphatic heterocycles. The normalized spacial score (nSPS) is 10.8. The highest BCUT2D eigenvalue weighted by Crippen LogP contribution is 2.26. The maximum Gasteiger partial charge on any atom is 0.134 e. The number of halogens is 3. The van der Waals surface area contributed by atoms with Gasteiger partial charge in [0.15, 0.2) is 0 Å². The molecule has 0 N–H and O–H groups in total. The third kappa shape index (κ3) is 5.73. The molecule has 5 heteroatoms. The van der Waals surface area contributed by atoms with Crippen molar-refractivity contribution in [3.8, 4) is 11.8 Å². The molecule has 176 valence electrons. The van der Waals surface area contributed by atoms with Crippen LogP contribution in [0.25, 0.3) is 10.8 Å². The molecule has 0 aliphatic rings. The number of rotatable bonds is 9. The first-order valence-electron chi connectivity index (χ1n) is 11.4. The Morgan fingerprint density at radius 1 is 0.800 bits per heavy atom. The lowest BCUT2D eigenvalue weighted by Crippen LogP contribution is -2.02. The summed E-state index contributed by atoms with van der Waals surface area (Å²) in [6, 6.07) is 20.8. The molecular formula is C30H24F3NO. The zero-order valence-electron chi connectivity index (χ0n) is 19.2. The summed E-state index contributed by atoms with van der Waals surface area (Å²) in [5, 5.41) is 10.2. The second-order valence-electron chi connectivity index (χ2n) is 8.37. The van der Waals surface area contributed by atoms with E-state index in [2.05, 4.69) is 12.6 Å². The Kier molecular flexibility index (Phi) is 7.52. The van der Waals surface area contributed by atoms with E-state index in [9.17, 15) is 8.78 Å². The first kappa shape index (κ1) is 24.1. The SMILES string of the molecule is C=CCOc1cc(F)c(CCc2ccc3c(F)c(CCc4ccc(C#N)cc4)ccc3c2)c(F)c1. The molecule has 0 saturated carbocycles. The number of nitrogens with zero attached hydrogens (tertiary/aromatic N) is 1. The molecule has 4 rings (SSSR count). The minimum absolute atomic E-state index is 0.000353. The third-order valence-corrected chi connectivity index (χ3v) is 6.01. The predicted molar refractivity (Wildman–Crippen MR) is 132 cm³/mol. The van der Waals surface area contributed by atoms with Crippen molar-refractivity contribution >= 4 is 10.8 Å². The zero-order valence-corrected chi connectivity index (χ0v) is 19.2. The van der Waals surface area contributed by atoms with Gasteiger partial charge in [-0.2, -0.15) is 5.26 Å². The van der Waals surface area contributed by atoms with E-state index in [1.807, 2.05) is 24.3 Å². The van der Waals surface area contributed by atoms with Crippen LogP contribution in [0, 0.1) is 28.8 Å². The van der Waals surface area contributed by atoms with E-state index in [0.717, 1.165) is 16.5 Å². The number of aryl methyl sites for hydroxylation is 3. The van der Waals surface area contributed by atoms with E-state index in [-0.39, 0.29) is 30.2 Å². The van der Waals surface area contributed by atoms with E-state index >= 15 is 4.39 Å². The largest absolute Gasteiger partial charge is 0.489 e. The fraction of sp³-hybridized carbons (Fsp3) is 0.167. The number of fused-ring (bicyclic) bond motifs is 1. The van der Waals surface area contributed by atoms with Crippen molar-refractivity contribution in [2.45, 2.75) is 25.7 Å². The molecule has 4 aromatic carbocycles. The lowest BCUT2D eigenvalue weighted by Gasteiger charge is -2.11. The highest BCUT2D eigenvalue weighted by atomic mass is 19.1. The standard InChI is InChI=1S/C30H24F3NO/c1-2-15-35-25-17-28(31)27(29(32)18-25)14-9-21-8-13-26-24(16-21)12-11-23(30(26)33)10-7-20-3-5-22(19-34)6-4-20/h2-6,8,11-13,16-18H,1,7,9-10,14-15H2. The average molecular weight is 472 g/mol. The van der Waals surface area contributed by atoms with Gasteiger partial charge in [0, 0.05) is 23.1 Å². The average Bonchev–Trinajstić information content (AvgIpc) is 2.87. The minimum Gasteiger partial charge on any atom is -0.489 e. The van der Waals surface area contributed by atoms with Crippen LogP contribution in [0.4, 0.5) is 13.2 Å². The van der Waals surface area contributed by atoms with Crippen LogP contribution >= 0.6 is 0 Å². The van der Waals surface area contributed by atoms with Crippen LogP contribution < -0.4 is 4.74 Å². The van der Waals surface area contributed by atoms with Gasteiger partial charge in [-0.1, -0.05) is 55.1 Å².